The molecule has 0 radical (unpaired) electrons. The van der Waals surface area contributed by atoms with Crippen LogP contribution in [-0.4, -0.2) is 18.9 Å². The van der Waals surface area contributed by atoms with Gasteiger partial charge in [0.1, 0.15) is 17.2 Å². The molecule has 1 heterocycles. The summed E-state index contributed by atoms with van der Waals surface area (Å²) in [7, 11) is 1.52. The maximum atomic E-state index is 12.9. The molecule has 0 saturated carbocycles. The molecule has 0 aliphatic heterocycles. The molecule has 0 bridgehead atoms. The minimum absolute atomic E-state index is 0.0501. The maximum absolute atomic E-state index is 12.9. The van der Waals surface area contributed by atoms with E-state index >= 15 is 0 Å². The summed E-state index contributed by atoms with van der Waals surface area (Å²) >= 11 is 0. The van der Waals surface area contributed by atoms with Gasteiger partial charge in [-0.3, -0.25) is 9.59 Å². The molecule has 2 amide bonds. The molecule has 0 fully saturated rings. The fourth-order valence-corrected chi connectivity index (χ4v) is 2.63. The standard InChI is InChI=1S/C22H20N2O4/c1-15-8-3-4-10-17(15)21(25)24-19(14-16-9-7-13-28-16)22(26)23-18-11-5-6-12-20(18)27-2/h3-14H,1-2H3,(H,23,26)(H,24,25)/b19-14-. The first kappa shape index (κ1) is 19.0. The Labute approximate surface area is 162 Å². The Balaban J connectivity index is 1.88. The van der Waals surface area contributed by atoms with Gasteiger partial charge in [-0.05, 0) is 42.8 Å². The molecule has 0 spiro atoms. The molecule has 28 heavy (non-hydrogen) atoms. The predicted octanol–water partition coefficient (Wildman–Crippen LogP) is 4.01. The lowest BCUT2D eigenvalue weighted by Crippen LogP contribution is -2.31. The van der Waals surface area contributed by atoms with Crippen LogP contribution in [-0.2, 0) is 4.79 Å². The largest absolute Gasteiger partial charge is 0.495 e. The Bertz CT molecular complexity index is 1010. The van der Waals surface area contributed by atoms with E-state index in [1.54, 1.807) is 48.5 Å². The van der Waals surface area contributed by atoms with E-state index in [2.05, 4.69) is 10.6 Å². The van der Waals surface area contributed by atoms with Gasteiger partial charge < -0.3 is 19.8 Å². The molecule has 0 unspecified atom stereocenters. The highest BCUT2D eigenvalue weighted by molar-refractivity contribution is 6.11. The highest BCUT2D eigenvalue weighted by Crippen LogP contribution is 2.23. The number of furan rings is 1. The third-order valence-electron chi connectivity index (χ3n) is 4.07. The fraction of sp³-hybridized carbons (Fsp3) is 0.0909. The van der Waals surface area contributed by atoms with Crippen LogP contribution in [0, 0.1) is 6.92 Å². The van der Waals surface area contributed by atoms with E-state index in [-0.39, 0.29) is 11.6 Å². The van der Waals surface area contributed by atoms with E-state index in [4.69, 9.17) is 9.15 Å². The van der Waals surface area contributed by atoms with E-state index in [1.807, 2.05) is 19.1 Å². The summed E-state index contributed by atoms with van der Waals surface area (Å²) < 4.78 is 10.5. The number of amides is 2. The molecule has 0 atom stereocenters. The van der Waals surface area contributed by atoms with Gasteiger partial charge in [-0.15, -0.1) is 0 Å². The van der Waals surface area contributed by atoms with Crippen LogP contribution in [0.2, 0.25) is 0 Å². The molecule has 142 valence electrons. The zero-order valence-electron chi connectivity index (χ0n) is 15.6. The first-order chi connectivity index (χ1) is 13.6. The van der Waals surface area contributed by atoms with Crippen LogP contribution in [0.5, 0.6) is 5.75 Å². The summed E-state index contributed by atoms with van der Waals surface area (Å²) in [6, 6.07) is 17.6. The van der Waals surface area contributed by atoms with Crippen molar-refractivity contribution in [2.45, 2.75) is 6.92 Å². The maximum Gasteiger partial charge on any atom is 0.272 e. The monoisotopic (exact) mass is 376 g/mol. The molecule has 6 heteroatoms. The number of carbonyl (C=O) groups excluding carboxylic acids is 2. The average Bonchev–Trinajstić information content (AvgIpc) is 3.21. The zero-order valence-corrected chi connectivity index (χ0v) is 15.6. The minimum atomic E-state index is -0.497. The van der Waals surface area contributed by atoms with Crippen LogP contribution in [0.4, 0.5) is 5.69 Å². The molecular weight excluding hydrogens is 356 g/mol. The SMILES string of the molecule is COc1ccccc1NC(=O)/C(=C/c1ccco1)NC(=O)c1ccccc1C. The first-order valence-electron chi connectivity index (χ1n) is 8.65. The highest BCUT2D eigenvalue weighted by atomic mass is 16.5. The number of hydrogen-bond donors (Lipinski definition) is 2. The van der Waals surface area contributed by atoms with Crippen molar-refractivity contribution in [3.63, 3.8) is 0 Å². The van der Waals surface area contributed by atoms with Gasteiger partial charge in [0.05, 0.1) is 19.1 Å². The number of rotatable bonds is 6. The van der Waals surface area contributed by atoms with E-state index in [0.717, 1.165) is 5.56 Å². The smallest absolute Gasteiger partial charge is 0.272 e. The van der Waals surface area contributed by atoms with Gasteiger partial charge in [0.15, 0.2) is 0 Å². The van der Waals surface area contributed by atoms with Crippen molar-refractivity contribution in [3.8, 4) is 5.75 Å². The number of carbonyl (C=O) groups is 2. The molecule has 0 aliphatic carbocycles. The lowest BCUT2D eigenvalue weighted by molar-refractivity contribution is -0.113. The number of benzene rings is 2. The summed E-state index contributed by atoms with van der Waals surface area (Å²) in [5.41, 5.74) is 1.83. The first-order valence-corrected chi connectivity index (χ1v) is 8.65. The van der Waals surface area contributed by atoms with Crippen molar-refractivity contribution in [3.05, 3.63) is 89.5 Å². The predicted molar refractivity (Wildman–Crippen MR) is 107 cm³/mol. The molecule has 3 aromatic rings. The zero-order chi connectivity index (χ0) is 19.9. The van der Waals surface area contributed by atoms with E-state index in [0.29, 0.717) is 22.8 Å². The van der Waals surface area contributed by atoms with E-state index < -0.39 is 5.91 Å². The third kappa shape index (κ3) is 4.48. The van der Waals surface area contributed by atoms with Gasteiger partial charge in [-0.2, -0.15) is 0 Å². The van der Waals surface area contributed by atoms with Crippen LogP contribution in [0.1, 0.15) is 21.7 Å². The second-order valence-electron chi connectivity index (χ2n) is 6.00. The number of methoxy groups -OCH3 is 1. The van der Waals surface area contributed by atoms with Crippen molar-refractivity contribution in [1.82, 2.24) is 5.32 Å². The summed E-state index contributed by atoms with van der Waals surface area (Å²) in [6.07, 6.45) is 2.96. The van der Waals surface area contributed by atoms with Gasteiger partial charge in [0.2, 0.25) is 0 Å². The number of anilines is 1. The van der Waals surface area contributed by atoms with Gasteiger partial charge in [-0.1, -0.05) is 30.3 Å². The normalized spacial score (nSPS) is 11.0. The lowest BCUT2D eigenvalue weighted by atomic mass is 10.1. The van der Waals surface area contributed by atoms with Gasteiger partial charge >= 0.3 is 0 Å². The third-order valence-corrected chi connectivity index (χ3v) is 4.07. The minimum Gasteiger partial charge on any atom is -0.495 e. The van der Waals surface area contributed by atoms with Crippen molar-refractivity contribution >= 4 is 23.6 Å². The summed E-state index contributed by atoms with van der Waals surface area (Å²) in [6.45, 7) is 1.83. The van der Waals surface area contributed by atoms with Crippen molar-refractivity contribution in [1.29, 1.82) is 0 Å². The summed E-state index contributed by atoms with van der Waals surface area (Å²) in [5.74, 6) is 0.0719. The van der Waals surface area contributed by atoms with E-state index in [9.17, 15) is 9.59 Å². The van der Waals surface area contributed by atoms with Crippen LogP contribution < -0.4 is 15.4 Å². The summed E-state index contributed by atoms with van der Waals surface area (Å²) in [4.78, 5) is 25.6. The molecule has 6 nitrogen and oxygen atoms in total. The number of ether oxygens (including phenoxy) is 1. The summed E-state index contributed by atoms with van der Waals surface area (Å²) in [5, 5.41) is 5.44. The molecular formula is C22H20N2O4. The number of aryl methyl sites for hydroxylation is 1. The van der Waals surface area contributed by atoms with Crippen LogP contribution in [0.3, 0.4) is 0 Å². The van der Waals surface area contributed by atoms with Crippen LogP contribution in [0.25, 0.3) is 6.08 Å². The Kier molecular flexibility index (Phi) is 5.91. The quantitative estimate of drug-likeness (QED) is 0.637. The Morgan fingerprint density at radius 1 is 1.00 bits per heavy atom. The molecule has 0 aliphatic rings. The molecule has 0 saturated heterocycles. The Morgan fingerprint density at radius 2 is 1.75 bits per heavy atom. The van der Waals surface area contributed by atoms with Gasteiger partial charge in [0.25, 0.3) is 11.8 Å². The Morgan fingerprint density at radius 3 is 2.46 bits per heavy atom. The van der Waals surface area contributed by atoms with Crippen LogP contribution in [0.15, 0.2) is 77.0 Å². The number of para-hydroxylation sites is 2. The second kappa shape index (κ2) is 8.73. The fourth-order valence-electron chi connectivity index (χ4n) is 2.63. The molecule has 2 N–H and O–H groups in total. The molecule has 2 aromatic carbocycles. The van der Waals surface area contributed by atoms with Gasteiger partial charge in [-0.25, -0.2) is 0 Å². The second-order valence-corrected chi connectivity index (χ2v) is 6.00. The number of hydrogen-bond acceptors (Lipinski definition) is 4. The van der Waals surface area contributed by atoms with E-state index in [1.165, 1.54) is 19.4 Å². The van der Waals surface area contributed by atoms with Crippen LogP contribution >= 0.6 is 0 Å². The molecule has 1 aromatic heterocycles. The highest BCUT2D eigenvalue weighted by Gasteiger charge is 2.17. The molecule has 3 rings (SSSR count). The average molecular weight is 376 g/mol. The Hall–Kier alpha value is -3.80. The topological polar surface area (TPSA) is 80.6 Å². The van der Waals surface area contributed by atoms with Gasteiger partial charge in [0, 0.05) is 11.6 Å². The van der Waals surface area contributed by atoms with Crippen molar-refractivity contribution in [2.24, 2.45) is 0 Å². The number of nitrogens with one attached hydrogen (secondary N) is 2. The lowest BCUT2D eigenvalue weighted by Gasteiger charge is -2.13. The van der Waals surface area contributed by atoms with Crippen molar-refractivity contribution in [2.75, 3.05) is 12.4 Å². The van der Waals surface area contributed by atoms with Crippen molar-refractivity contribution < 1.29 is 18.7 Å².